The highest BCUT2D eigenvalue weighted by Gasteiger charge is 2.36. The van der Waals surface area contributed by atoms with Crippen molar-refractivity contribution in [1.82, 2.24) is 10.2 Å². The largest absolute Gasteiger partial charge is 0.350 e. The van der Waals surface area contributed by atoms with Gasteiger partial charge in [-0.15, -0.1) is 0 Å². The van der Waals surface area contributed by atoms with Gasteiger partial charge in [-0.25, -0.2) is 0 Å². The first kappa shape index (κ1) is 21.2. The van der Waals surface area contributed by atoms with Gasteiger partial charge in [0.25, 0.3) is 5.91 Å². The second kappa shape index (κ2) is 9.84. The van der Waals surface area contributed by atoms with E-state index in [0.29, 0.717) is 24.4 Å². The Morgan fingerprint density at radius 2 is 1.68 bits per heavy atom. The molecular formula is C26H26N2O2S. The van der Waals surface area contributed by atoms with Crippen LogP contribution < -0.4 is 5.32 Å². The van der Waals surface area contributed by atoms with Crippen LogP contribution in [0.25, 0.3) is 0 Å². The number of carbonyl (C=O) groups is 2. The predicted molar refractivity (Wildman–Crippen MR) is 126 cm³/mol. The first-order chi connectivity index (χ1) is 15.1. The Hall–Kier alpha value is -3.05. The summed E-state index contributed by atoms with van der Waals surface area (Å²) in [5.74, 6) is 1.18. The quantitative estimate of drug-likeness (QED) is 0.570. The fraction of sp³-hybridized carbons (Fsp3) is 0.231. The Morgan fingerprint density at radius 3 is 2.42 bits per heavy atom. The third kappa shape index (κ3) is 5.17. The molecule has 3 aromatic carbocycles. The van der Waals surface area contributed by atoms with Crippen molar-refractivity contribution < 1.29 is 9.59 Å². The number of rotatable bonds is 8. The van der Waals surface area contributed by atoms with E-state index in [0.717, 1.165) is 16.9 Å². The molecule has 1 unspecified atom stereocenters. The lowest BCUT2D eigenvalue weighted by molar-refractivity contribution is -0.125. The van der Waals surface area contributed by atoms with E-state index in [1.54, 1.807) is 16.7 Å². The molecule has 0 spiro atoms. The van der Waals surface area contributed by atoms with Crippen molar-refractivity contribution in [3.8, 4) is 0 Å². The number of nitrogens with one attached hydrogen (secondary N) is 1. The van der Waals surface area contributed by atoms with Crippen LogP contribution in [0.15, 0.2) is 78.9 Å². The van der Waals surface area contributed by atoms with Crippen molar-refractivity contribution in [3.05, 3.63) is 107 Å². The van der Waals surface area contributed by atoms with Crippen LogP contribution >= 0.6 is 11.8 Å². The van der Waals surface area contributed by atoms with Crippen molar-refractivity contribution in [1.29, 1.82) is 0 Å². The lowest BCUT2D eigenvalue weighted by Crippen LogP contribution is -2.48. The minimum atomic E-state index is -0.515. The first-order valence-electron chi connectivity index (χ1n) is 10.5. The van der Waals surface area contributed by atoms with E-state index in [1.807, 2.05) is 73.7 Å². The van der Waals surface area contributed by atoms with E-state index in [9.17, 15) is 9.59 Å². The van der Waals surface area contributed by atoms with Crippen LogP contribution in [0.3, 0.4) is 0 Å². The van der Waals surface area contributed by atoms with Gasteiger partial charge in [0.05, 0.1) is 0 Å². The maximum atomic E-state index is 13.2. The maximum Gasteiger partial charge on any atom is 0.255 e. The molecule has 1 aliphatic rings. The Balaban J connectivity index is 1.46. The average molecular weight is 431 g/mol. The highest BCUT2D eigenvalue weighted by molar-refractivity contribution is 7.98. The summed E-state index contributed by atoms with van der Waals surface area (Å²) in [6, 6.07) is 25.4. The zero-order valence-electron chi connectivity index (χ0n) is 17.6. The summed E-state index contributed by atoms with van der Waals surface area (Å²) in [5, 5.41) is 3.05. The molecule has 0 saturated carbocycles. The Labute approximate surface area is 187 Å². The van der Waals surface area contributed by atoms with E-state index in [4.69, 9.17) is 0 Å². The third-order valence-corrected chi connectivity index (χ3v) is 6.59. The van der Waals surface area contributed by atoms with Gasteiger partial charge >= 0.3 is 0 Å². The molecule has 158 valence electrons. The van der Waals surface area contributed by atoms with Crippen LogP contribution in [0.4, 0.5) is 0 Å². The van der Waals surface area contributed by atoms with Crippen LogP contribution in [0.2, 0.25) is 0 Å². The summed E-state index contributed by atoms with van der Waals surface area (Å²) in [7, 11) is 0. The highest BCUT2D eigenvalue weighted by atomic mass is 32.2. The normalized spacial score (nSPS) is 13.7. The summed E-state index contributed by atoms with van der Waals surface area (Å²) in [6.45, 7) is 2.97. The van der Waals surface area contributed by atoms with E-state index in [2.05, 4.69) is 17.4 Å². The summed E-state index contributed by atoms with van der Waals surface area (Å²) in [5.41, 5.74) is 5.13. The number of hydrogen-bond donors (Lipinski definition) is 1. The number of nitrogens with zero attached hydrogens (tertiary/aromatic N) is 1. The fourth-order valence-electron chi connectivity index (χ4n) is 3.71. The van der Waals surface area contributed by atoms with Gasteiger partial charge in [0.1, 0.15) is 6.04 Å². The minimum absolute atomic E-state index is 0.0635. The van der Waals surface area contributed by atoms with Crippen LogP contribution in [0, 0.1) is 6.92 Å². The van der Waals surface area contributed by atoms with Gasteiger partial charge in [0.2, 0.25) is 5.91 Å². The molecule has 1 heterocycles. The Kier molecular flexibility index (Phi) is 6.73. The van der Waals surface area contributed by atoms with Crippen LogP contribution in [-0.2, 0) is 23.6 Å². The second-order valence-electron chi connectivity index (χ2n) is 7.81. The lowest BCUT2D eigenvalue weighted by atomic mass is 10.1. The summed E-state index contributed by atoms with van der Waals surface area (Å²) >= 11 is 1.68. The summed E-state index contributed by atoms with van der Waals surface area (Å²) in [6.07, 6.45) is 0. The first-order valence-corrected chi connectivity index (χ1v) is 11.6. The molecule has 31 heavy (non-hydrogen) atoms. The Bertz CT molecular complexity index is 1050. The molecule has 0 saturated heterocycles. The monoisotopic (exact) mass is 430 g/mol. The van der Waals surface area contributed by atoms with Crippen molar-refractivity contribution in [3.63, 3.8) is 0 Å². The molecule has 1 atom stereocenters. The fourth-order valence-corrected chi connectivity index (χ4v) is 4.81. The summed E-state index contributed by atoms with van der Waals surface area (Å²) in [4.78, 5) is 27.9. The van der Waals surface area contributed by atoms with E-state index >= 15 is 0 Å². The van der Waals surface area contributed by atoms with Gasteiger partial charge in [-0.1, -0.05) is 78.4 Å². The number of amides is 2. The number of carbonyl (C=O) groups excluding carboxylic acids is 2. The van der Waals surface area contributed by atoms with Gasteiger partial charge in [-0.3, -0.25) is 9.59 Å². The highest BCUT2D eigenvalue weighted by Crippen LogP contribution is 2.26. The van der Waals surface area contributed by atoms with Gasteiger partial charge in [0.15, 0.2) is 0 Å². The number of benzene rings is 3. The van der Waals surface area contributed by atoms with Gasteiger partial charge < -0.3 is 10.2 Å². The molecular weight excluding hydrogens is 404 g/mol. The van der Waals surface area contributed by atoms with Crippen LogP contribution in [0.5, 0.6) is 0 Å². The molecule has 0 aliphatic carbocycles. The van der Waals surface area contributed by atoms with Crippen molar-refractivity contribution in [2.24, 2.45) is 0 Å². The smallest absolute Gasteiger partial charge is 0.255 e. The molecule has 1 N–H and O–H groups in total. The van der Waals surface area contributed by atoms with Crippen molar-refractivity contribution in [2.45, 2.75) is 31.8 Å². The van der Waals surface area contributed by atoms with E-state index < -0.39 is 6.04 Å². The van der Waals surface area contributed by atoms with E-state index in [-0.39, 0.29) is 11.8 Å². The number of fused-ring (bicyclic) bond motifs is 1. The van der Waals surface area contributed by atoms with Gasteiger partial charge in [-0.05, 0) is 29.7 Å². The molecule has 0 bridgehead atoms. The van der Waals surface area contributed by atoms with Crippen LogP contribution in [-0.4, -0.2) is 28.5 Å². The molecule has 3 aromatic rings. The SMILES string of the molecule is Cc1ccc(CNC(=O)C(CSCc2ccccc2)N2Cc3ccccc3C2=O)cc1. The average Bonchev–Trinajstić information content (AvgIpc) is 3.13. The van der Waals surface area contributed by atoms with Crippen LogP contribution in [0.1, 0.15) is 32.6 Å². The van der Waals surface area contributed by atoms with Crippen molar-refractivity contribution >= 4 is 23.6 Å². The number of hydrogen-bond acceptors (Lipinski definition) is 3. The van der Waals surface area contributed by atoms with E-state index in [1.165, 1.54) is 11.1 Å². The molecule has 2 amide bonds. The number of thioether (sulfide) groups is 1. The standard InChI is InChI=1S/C26H26N2O2S/c1-19-11-13-20(14-12-19)15-27-25(29)24(18-31-17-21-7-3-2-4-8-21)28-16-22-9-5-6-10-23(22)26(28)30/h2-14,24H,15-18H2,1H3,(H,27,29). The van der Waals surface area contributed by atoms with Gasteiger partial charge in [-0.2, -0.15) is 11.8 Å². The maximum absolute atomic E-state index is 13.2. The zero-order valence-corrected chi connectivity index (χ0v) is 18.4. The second-order valence-corrected chi connectivity index (χ2v) is 8.84. The topological polar surface area (TPSA) is 49.4 Å². The summed E-state index contributed by atoms with van der Waals surface area (Å²) < 4.78 is 0. The molecule has 0 fully saturated rings. The Morgan fingerprint density at radius 1 is 0.968 bits per heavy atom. The third-order valence-electron chi connectivity index (χ3n) is 5.50. The van der Waals surface area contributed by atoms with Crippen molar-refractivity contribution in [2.75, 3.05) is 5.75 Å². The zero-order chi connectivity index (χ0) is 21.6. The van der Waals surface area contributed by atoms with Gasteiger partial charge in [0, 0.05) is 30.2 Å². The number of aryl methyl sites for hydroxylation is 1. The predicted octanol–water partition coefficient (Wildman–Crippen LogP) is 4.57. The molecule has 4 nitrogen and oxygen atoms in total. The molecule has 0 radical (unpaired) electrons. The molecule has 5 heteroatoms. The lowest BCUT2D eigenvalue weighted by Gasteiger charge is -2.27. The molecule has 1 aliphatic heterocycles. The molecule has 4 rings (SSSR count). The minimum Gasteiger partial charge on any atom is -0.350 e. The molecule has 0 aromatic heterocycles.